The van der Waals surface area contributed by atoms with Gasteiger partial charge in [0.05, 0.1) is 31.3 Å². The van der Waals surface area contributed by atoms with Crippen LogP contribution >= 0.6 is 0 Å². The normalized spacial score (nSPS) is 28.7. The van der Waals surface area contributed by atoms with Crippen LogP contribution in [-0.2, 0) is 25.5 Å². The van der Waals surface area contributed by atoms with Gasteiger partial charge < -0.3 is 29.2 Å². The van der Waals surface area contributed by atoms with Gasteiger partial charge >= 0.3 is 12.1 Å². The fourth-order valence-corrected chi connectivity index (χ4v) is 7.80. The lowest BCUT2D eigenvalue weighted by Gasteiger charge is -2.34. The van der Waals surface area contributed by atoms with Crippen molar-refractivity contribution >= 4 is 29.0 Å². The van der Waals surface area contributed by atoms with E-state index in [2.05, 4.69) is 5.32 Å². The number of methoxy groups -OCH3 is 1. The number of carbonyl (C=O) groups is 3. The summed E-state index contributed by atoms with van der Waals surface area (Å²) in [6.07, 6.45) is 9.60. The molecule has 2 aliphatic heterocycles. The first-order valence-corrected chi connectivity index (χ1v) is 18.2. The molecule has 0 spiro atoms. The van der Waals surface area contributed by atoms with Crippen molar-refractivity contribution in [2.24, 2.45) is 23.7 Å². The maximum absolute atomic E-state index is 14.7. The van der Waals surface area contributed by atoms with Gasteiger partial charge in [-0.25, -0.2) is 19.6 Å². The smallest absolute Gasteiger partial charge is 0.408 e. The van der Waals surface area contributed by atoms with Gasteiger partial charge in [-0.1, -0.05) is 52.9 Å². The van der Waals surface area contributed by atoms with Gasteiger partial charge in [0.2, 0.25) is 11.8 Å². The standard InChI is InChI=1S/C37H52N4O7/c1-5-26-31-20-41(33(26)36(43)46-21-22(2)3)35(42)32(23-12-8-6-9-13-23)40-37(44)48-30-18-24(30)14-10-7-11-15-28-34(47-31)39-29-19-25(45-4)16-17-27(29)38-28/h16-17,19,22-24,26,30-33H,5-15,18,20-21H2,1-4H3,(H,40,44)/t24-,26-,30-,31+,32+,33+/m1/s1. The van der Waals surface area contributed by atoms with Gasteiger partial charge in [-0.3, -0.25) is 4.79 Å². The molecule has 11 heteroatoms. The SMILES string of the molecule is CC[C@@H]1[C@@H]2CN(C(=O)[C@H](C3CCCCC3)NC(=O)O[C@@H]3C[C@H]3CCCCCc3nc4ccc(OC)cc4nc3O2)[C@@H]1C(=O)OCC(C)C. The van der Waals surface area contributed by atoms with Crippen LogP contribution in [0.1, 0.15) is 97.1 Å². The fourth-order valence-electron chi connectivity index (χ4n) is 7.80. The highest BCUT2D eigenvalue weighted by Crippen LogP contribution is 2.39. The van der Waals surface area contributed by atoms with E-state index >= 15 is 0 Å². The van der Waals surface area contributed by atoms with Crippen molar-refractivity contribution in [2.75, 3.05) is 20.3 Å². The zero-order valence-corrected chi connectivity index (χ0v) is 28.9. The van der Waals surface area contributed by atoms with E-state index in [1.54, 1.807) is 12.0 Å². The van der Waals surface area contributed by atoms with Crippen molar-refractivity contribution in [2.45, 2.75) is 122 Å². The summed E-state index contributed by atoms with van der Waals surface area (Å²) in [5.74, 6) is 0.470. The van der Waals surface area contributed by atoms with Crippen LogP contribution in [0.2, 0.25) is 0 Å². The number of rotatable bonds is 6. The molecule has 48 heavy (non-hydrogen) atoms. The Hall–Kier alpha value is -3.63. The number of benzene rings is 1. The molecule has 0 unspecified atom stereocenters. The van der Waals surface area contributed by atoms with Crippen LogP contribution in [0.25, 0.3) is 11.0 Å². The van der Waals surface area contributed by atoms with Gasteiger partial charge in [-0.15, -0.1) is 0 Å². The summed E-state index contributed by atoms with van der Waals surface area (Å²) in [6.45, 7) is 6.39. The molecule has 2 aliphatic carbocycles. The second kappa shape index (κ2) is 15.3. The van der Waals surface area contributed by atoms with Gasteiger partial charge in [0.1, 0.15) is 35.7 Å². The highest BCUT2D eigenvalue weighted by atomic mass is 16.6. The predicted octanol–water partition coefficient (Wildman–Crippen LogP) is 6.00. The van der Waals surface area contributed by atoms with E-state index in [9.17, 15) is 14.4 Å². The Labute approximate surface area is 283 Å². The Balaban J connectivity index is 1.38. The third-order valence-electron chi connectivity index (χ3n) is 10.6. The van der Waals surface area contributed by atoms with Gasteiger partial charge in [-0.05, 0) is 74.8 Å². The summed E-state index contributed by atoms with van der Waals surface area (Å²) in [4.78, 5) is 53.4. The van der Waals surface area contributed by atoms with Gasteiger partial charge in [-0.2, -0.15) is 0 Å². The second-order valence-corrected chi connectivity index (χ2v) is 14.6. The molecule has 1 saturated heterocycles. The minimum Gasteiger partial charge on any atom is -0.497 e. The number of amides is 2. The first-order chi connectivity index (χ1) is 23.2. The number of fused-ring (bicyclic) bond motifs is 5. The van der Waals surface area contributed by atoms with Crippen molar-refractivity contribution in [3.05, 3.63) is 23.9 Å². The first kappa shape index (κ1) is 34.2. The first-order valence-electron chi connectivity index (χ1n) is 18.2. The number of hydrogen-bond acceptors (Lipinski definition) is 9. The molecular formula is C37H52N4O7. The number of nitrogens with zero attached hydrogens (tertiary/aromatic N) is 3. The largest absolute Gasteiger partial charge is 0.497 e. The zero-order chi connectivity index (χ0) is 33.8. The van der Waals surface area contributed by atoms with E-state index in [0.29, 0.717) is 35.9 Å². The summed E-state index contributed by atoms with van der Waals surface area (Å²) in [6, 6.07) is 3.97. The summed E-state index contributed by atoms with van der Waals surface area (Å²) in [7, 11) is 1.62. The molecule has 4 aliphatic rings. The van der Waals surface area contributed by atoms with Crippen LogP contribution in [0, 0.1) is 23.7 Å². The van der Waals surface area contributed by atoms with Gasteiger partial charge in [0.15, 0.2) is 0 Å². The minimum atomic E-state index is -0.859. The molecule has 1 aromatic carbocycles. The predicted molar refractivity (Wildman–Crippen MR) is 180 cm³/mol. The third kappa shape index (κ3) is 7.81. The molecule has 0 radical (unpaired) electrons. The molecule has 11 nitrogen and oxygen atoms in total. The van der Waals surface area contributed by atoms with E-state index < -0.39 is 30.3 Å². The van der Waals surface area contributed by atoms with Crippen molar-refractivity contribution < 1.29 is 33.3 Å². The minimum absolute atomic E-state index is 0.0419. The van der Waals surface area contributed by atoms with E-state index in [-0.39, 0.29) is 42.9 Å². The lowest BCUT2D eigenvalue weighted by atomic mass is 9.83. The molecule has 1 N–H and O–H groups in total. The summed E-state index contributed by atoms with van der Waals surface area (Å²) in [5.41, 5.74) is 2.18. The molecule has 2 aromatic rings. The monoisotopic (exact) mass is 664 g/mol. The summed E-state index contributed by atoms with van der Waals surface area (Å²) in [5, 5.41) is 2.99. The molecule has 262 valence electrons. The Kier molecular flexibility index (Phi) is 10.9. The van der Waals surface area contributed by atoms with E-state index in [0.717, 1.165) is 75.4 Å². The number of nitrogens with one attached hydrogen (secondary N) is 1. The number of aromatic nitrogens is 2. The summed E-state index contributed by atoms with van der Waals surface area (Å²) < 4.78 is 23.9. The Morgan fingerprint density at radius 2 is 1.73 bits per heavy atom. The maximum Gasteiger partial charge on any atom is 0.408 e. The number of ether oxygens (including phenoxy) is 4. The Morgan fingerprint density at radius 3 is 2.46 bits per heavy atom. The van der Waals surface area contributed by atoms with Crippen LogP contribution in [0.15, 0.2) is 18.2 Å². The molecule has 3 fully saturated rings. The van der Waals surface area contributed by atoms with Crippen LogP contribution in [0.5, 0.6) is 11.6 Å². The lowest BCUT2D eigenvalue weighted by molar-refractivity contribution is -0.156. The topological polar surface area (TPSA) is 129 Å². The highest BCUT2D eigenvalue weighted by Gasteiger charge is 2.52. The summed E-state index contributed by atoms with van der Waals surface area (Å²) >= 11 is 0. The van der Waals surface area contributed by atoms with Crippen LogP contribution in [-0.4, -0.2) is 77.4 Å². The quantitative estimate of drug-likeness (QED) is 0.370. The Bertz CT molecular complexity index is 1460. The second-order valence-electron chi connectivity index (χ2n) is 14.6. The fraction of sp³-hybridized carbons (Fsp3) is 0.703. The van der Waals surface area contributed by atoms with E-state index in [4.69, 9.17) is 28.9 Å². The lowest BCUT2D eigenvalue weighted by Crippen LogP contribution is -2.56. The Morgan fingerprint density at radius 1 is 0.979 bits per heavy atom. The van der Waals surface area contributed by atoms with Gasteiger partial charge in [0, 0.05) is 12.0 Å². The van der Waals surface area contributed by atoms with Crippen molar-refractivity contribution in [1.82, 2.24) is 20.2 Å². The molecular weight excluding hydrogens is 612 g/mol. The van der Waals surface area contributed by atoms with E-state index in [1.807, 2.05) is 39.0 Å². The van der Waals surface area contributed by atoms with Crippen LogP contribution in [0.4, 0.5) is 4.79 Å². The van der Waals surface area contributed by atoms with Crippen molar-refractivity contribution in [1.29, 1.82) is 0 Å². The zero-order valence-electron chi connectivity index (χ0n) is 28.9. The number of alkyl carbamates (subject to hydrolysis) is 1. The third-order valence-corrected chi connectivity index (χ3v) is 10.6. The van der Waals surface area contributed by atoms with Crippen LogP contribution in [0.3, 0.4) is 0 Å². The molecule has 6 rings (SSSR count). The molecule has 2 bridgehead atoms. The molecule has 6 atom stereocenters. The number of carbonyl (C=O) groups excluding carboxylic acids is 3. The van der Waals surface area contributed by atoms with E-state index in [1.165, 1.54) is 0 Å². The number of hydrogen-bond donors (Lipinski definition) is 1. The van der Waals surface area contributed by atoms with Crippen molar-refractivity contribution in [3.63, 3.8) is 0 Å². The molecule has 2 saturated carbocycles. The van der Waals surface area contributed by atoms with Gasteiger partial charge in [0.25, 0.3) is 0 Å². The average Bonchev–Trinajstić information content (AvgIpc) is 3.71. The maximum atomic E-state index is 14.7. The van der Waals surface area contributed by atoms with Crippen molar-refractivity contribution in [3.8, 4) is 11.6 Å². The number of esters is 1. The molecule has 1 aromatic heterocycles. The molecule has 2 amide bonds. The highest BCUT2D eigenvalue weighted by molar-refractivity contribution is 5.91. The average molecular weight is 665 g/mol. The molecule has 3 heterocycles. The number of aryl methyl sites for hydroxylation is 1. The van der Waals surface area contributed by atoms with Crippen LogP contribution < -0.4 is 14.8 Å².